The molecule has 0 radical (unpaired) electrons. The van der Waals surface area contributed by atoms with Crippen LogP contribution in [0.5, 0.6) is 0 Å². The molecule has 2 aromatic carbocycles. The Bertz CT molecular complexity index is 1550. The average molecular weight is 541 g/mol. The summed E-state index contributed by atoms with van der Waals surface area (Å²) in [5.41, 5.74) is 0.869. The van der Waals surface area contributed by atoms with Crippen molar-refractivity contribution < 1.29 is 24.2 Å². The van der Waals surface area contributed by atoms with E-state index >= 15 is 0 Å². The maximum Gasteiger partial charge on any atom is 0.250 e. The van der Waals surface area contributed by atoms with Crippen molar-refractivity contribution in [2.75, 3.05) is 31.1 Å². The summed E-state index contributed by atoms with van der Waals surface area (Å²) in [6.07, 6.45) is 6.66. The van der Waals surface area contributed by atoms with Crippen LogP contribution < -0.4 is 4.90 Å². The van der Waals surface area contributed by atoms with Gasteiger partial charge in [0.2, 0.25) is 11.8 Å². The van der Waals surface area contributed by atoms with Gasteiger partial charge >= 0.3 is 0 Å². The number of amides is 3. The van der Waals surface area contributed by atoms with Crippen molar-refractivity contribution >= 4 is 34.4 Å². The number of β-amino-alcohol motifs (C(OH)–C–C–N with tert-alkyl or cyclic N) is 1. The van der Waals surface area contributed by atoms with Crippen molar-refractivity contribution in [1.82, 2.24) is 24.8 Å². The van der Waals surface area contributed by atoms with Gasteiger partial charge in [-0.15, -0.1) is 5.10 Å². The maximum atomic E-state index is 14.3. The molecule has 2 saturated heterocycles. The lowest BCUT2D eigenvalue weighted by Gasteiger charge is -2.35. The van der Waals surface area contributed by atoms with Crippen LogP contribution in [0.25, 0.3) is 11.0 Å². The lowest BCUT2D eigenvalue weighted by atomic mass is 9.77. The van der Waals surface area contributed by atoms with E-state index in [1.54, 1.807) is 20.6 Å². The molecular formula is C29H28N6O5. The predicted molar refractivity (Wildman–Crippen MR) is 143 cm³/mol. The Morgan fingerprint density at radius 2 is 1.75 bits per heavy atom. The Kier molecular flexibility index (Phi) is 5.79. The molecule has 2 fully saturated rings. The van der Waals surface area contributed by atoms with Gasteiger partial charge in [-0.1, -0.05) is 59.8 Å². The Labute approximate surface area is 229 Å². The first-order valence-corrected chi connectivity index (χ1v) is 13.4. The lowest BCUT2D eigenvalue weighted by molar-refractivity contribution is -0.148. The Morgan fingerprint density at radius 1 is 0.950 bits per heavy atom. The number of aromatic nitrogens is 3. The van der Waals surface area contributed by atoms with Gasteiger partial charge in [0, 0.05) is 25.3 Å². The number of ether oxygens (including phenoxy) is 1. The highest BCUT2D eigenvalue weighted by molar-refractivity contribution is 6.03. The molecule has 1 N–H and O–H groups in total. The van der Waals surface area contributed by atoms with Gasteiger partial charge < -0.3 is 24.5 Å². The molecule has 1 unspecified atom stereocenters. The molecule has 204 valence electrons. The average Bonchev–Trinajstić information content (AvgIpc) is 3.52. The second-order valence-corrected chi connectivity index (χ2v) is 10.5. The number of likely N-dealkylation sites (tertiary alicyclic amines) is 1. The minimum atomic E-state index is -1.35. The van der Waals surface area contributed by atoms with Gasteiger partial charge in [-0.2, -0.15) is 0 Å². The van der Waals surface area contributed by atoms with E-state index in [4.69, 9.17) is 4.74 Å². The maximum absolute atomic E-state index is 14.3. The first-order chi connectivity index (χ1) is 19.5. The molecule has 1 aromatic heterocycles. The molecule has 5 atom stereocenters. The van der Waals surface area contributed by atoms with E-state index in [0.717, 1.165) is 11.2 Å². The number of nitrogens with zero attached hydrogens (tertiary/aromatic N) is 6. The number of benzene rings is 2. The summed E-state index contributed by atoms with van der Waals surface area (Å²) in [5.74, 6) is -2.66. The van der Waals surface area contributed by atoms with Crippen LogP contribution in [-0.4, -0.2) is 91.6 Å². The normalized spacial score (nSPS) is 29.5. The van der Waals surface area contributed by atoms with Crippen LogP contribution in [0.4, 0.5) is 5.69 Å². The fourth-order valence-electron chi connectivity index (χ4n) is 6.68. The third-order valence-corrected chi connectivity index (χ3v) is 8.38. The van der Waals surface area contributed by atoms with Crippen molar-refractivity contribution in [3.63, 3.8) is 0 Å². The lowest BCUT2D eigenvalue weighted by Crippen LogP contribution is -2.55. The number of para-hydroxylation sites is 2. The highest BCUT2D eigenvalue weighted by Gasteiger charge is 2.71. The molecule has 40 heavy (non-hydrogen) atoms. The minimum absolute atomic E-state index is 0.0470. The standard InChI is InChI=1S/C29H28N6O5/c36-17-16-34-25-28(39)32(18-35-21-11-5-4-10-20(21)30-31-35)14-7-13-29(25)24(27(34)38)23-22(40-29)12-6-15-33(26(23)37)19-8-2-1-3-9-19/h1-13,22-25,36H,14-18H2/t22-,23+,24+,25?,29+/m1/s1. The molecule has 7 rings (SSSR count). The van der Waals surface area contributed by atoms with Crippen LogP contribution in [0.3, 0.4) is 0 Å². The van der Waals surface area contributed by atoms with Crippen molar-refractivity contribution in [3.05, 3.63) is 78.9 Å². The first kappa shape index (κ1) is 24.7. The van der Waals surface area contributed by atoms with Crippen LogP contribution in [0.15, 0.2) is 78.9 Å². The molecule has 3 amide bonds. The summed E-state index contributed by atoms with van der Waals surface area (Å²) in [6, 6.07) is 15.8. The van der Waals surface area contributed by atoms with E-state index in [0.29, 0.717) is 12.1 Å². The molecular weight excluding hydrogens is 512 g/mol. The molecule has 11 heteroatoms. The Hall–Kier alpha value is -4.35. The summed E-state index contributed by atoms with van der Waals surface area (Å²) in [5, 5.41) is 18.3. The fraction of sp³-hybridized carbons (Fsp3) is 0.345. The molecule has 0 bridgehead atoms. The molecule has 11 nitrogen and oxygen atoms in total. The number of fused-ring (bicyclic) bond motifs is 3. The molecule has 4 aliphatic rings. The smallest absolute Gasteiger partial charge is 0.250 e. The van der Waals surface area contributed by atoms with Crippen molar-refractivity contribution in [1.29, 1.82) is 0 Å². The SMILES string of the molecule is O=C1C2N(CCO)C(=O)[C@@H]3[C@H]4C(=O)N(c5ccccc5)CC=C[C@H]4O[C@]23C=CCN1Cn1nnc2ccccc21. The summed E-state index contributed by atoms with van der Waals surface area (Å²) >= 11 is 0. The first-order valence-electron chi connectivity index (χ1n) is 13.4. The van der Waals surface area contributed by atoms with Crippen LogP contribution in [0.1, 0.15) is 0 Å². The van der Waals surface area contributed by atoms with Gasteiger partial charge in [0.1, 0.15) is 23.8 Å². The molecule has 0 saturated carbocycles. The largest absolute Gasteiger partial charge is 0.395 e. The summed E-state index contributed by atoms with van der Waals surface area (Å²) < 4.78 is 8.27. The van der Waals surface area contributed by atoms with E-state index in [9.17, 15) is 19.5 Å². The summed E-state index contributed by atoms with van der Waals surface area (Å²) in [6.45, 7) is 0.362. The minimum Gasteiger partial charge on any atom is -0.395 e. The van der Waals surface area contributed by atoms with Gasteiger partial charge in [-0.25, -0.2) is 4.68 Å². The van der Waals surface area contributed by atoms with Gasteiger partial charge in [0.25, 0.3) is 5.91 Å². The van der Waals surface area contributed by atoms with Crippen molar-refractivity contribution in [2.24, 2.45) is 11.8 Å². The molecule has 1 spiro atoms. The highest BCUT2D eigenvalue weighted by atomic mass is 16.5. The third kappa shape index (κ3) is 3.54. The number of carbonyl (C=O) groups is 3. The predicted octanol–water partition coefficient (Wildman–Crippen LogP) is 0.963. The number of carbonyl (C=O) groups excluding carboxylic acids is 3. The Balaban J connectivity index is 1.27. The molecule has 4 aliphatic heterocycles. The number of aliphatic hydroxyl groups is 1. The second kappa shape index (κ2) is 9.39. The van der Waals surface area contributed by atoms with Gasteiger partial charge in [0.05, 0.1) is 30.1 Å². The highest BCUT2D eigenvalue weighted by Crippen LogP contribution is 2.53. The number of anilines is 1. The third-order valence-electron chi connectivity index (χ3n) is 8.38. The van der Waals surface area contributed by atoms with Crippen LogP contribution in [0, 0.1) is 11.8 Å². The van der Waals surface area contributed by atoms with Crippen LogP contribution in [0.2, 0.25) is 0 Å². The number of aliphatic hydroxyl groups excluding tert-OH is 1. The van der Waals surface area contributed by atoms with Gasteiger partial charge in [-0.3, -0.25) is 14.4 Å². The van der Waals surface area contributed by atoms with E-state index < -0.39 is 29.6 Å². The quantitative estimate of drug-likeness (QED) is 0.479. The van der Waals surface area contributed by atoms with E-state index in [1.807, 2.05) is 72.8 Å². The van der Waals surface area contributed by atoms with Crippen LogP contribution in [-0.2, 0) is 25.8 Å². The van der Waals surface area contributed by atoms with Crippen molar-refractivity contribution in [3.8, 4) is 0 Å². The summed E-state index contributed by atoms with van der Waals surface area (Å²) in [7, 11) is 0. The molecule has 3 aromatic rings. The zero-order valence-electron chi connectivity index (χ0n) is 21.6. The van der Waals surface area contributed by atoms with Crippen LogP contribution >= 0.6 is 0 Å². The molecule has 0 aliphatic carbocycles. The zero-order chi connectivity index (χ0) is 27.4. The van der Waals surface area contributed by atoms with E-state index in [2.05, 4.69) is 10.3 Å². The van der Waals surface area contributed by atoms with Crippen molar-refractivity contribution in [2.45, 2.75) is 24.4 Å². The Morgan fingerprint density at radius 3 is 2.58 bits per heavy atom. The van der Waals surface area contributed by atoms with Gasteiger partial charge in [0.15, 0.2) is 0 Å². The second-order valence-electron chi connectivity index (χ2n) is 10.5. The number of rotatable bonds is 5. The van der Waals surface area contributed by atoms with E-state index in [-0.39, 0.29) is 44.1 Å². The topological polar surface area (TPSA) is 121 Å². The molecule has 5 heterocycles. The fourth-order valence-corrected chi connectivity index (χ4v) is 6.68. The van der Waals surface area contributed by atoms with E-state index in [1.165, 1.54) is 4.90 Å². The van der Waals surface area contributed by atoms with Gasteiger partial charge in [-0.05, 0) is 24.3 Å². The number of hydrogen-bond acceptors (Lipinski definition) is 7. The number of hydrogen-bond donors (Lipinski definition) is 1. The monoisotopic (exact) mass is 540 g/mol. The zero-order valence-corrected chi connectivity index (χ0v) is 21.6. The summed E-state index contributed by atoms with van der Waals surface area (Å²) in [4.78, 5) is 47.0.